The molecule has 1 aromatic carbocycles. The topological polar surface area (TPSA) is 73.9 Å². The average molecular weight is 363 g/mol. The van der Waals surface area contributed by atoms with Gasteiger partial charge in [-0.2, -0.15) is 0 Å². The molecule has 0 radical (unpaired) electrons. The van der Waals surface area contributed by atoms with E-state index in [1.54, 1.807) is 7.11 Å². The summed E-state index contributed by atoms with van der Waals surface area (Å²) in [5.74, 6) is -0.424. The van der Waals surface area contributed by atoms with Crippen LogP contribution in [0.2, 0.25) is 0 Å². The van der Waals surface area contributed by atoms with Gasteiger partial charge in [-0.3, -0.25) is 14.9 Å². The second-order valence-corrected chi connectivity index (χ2v) is 7.67. The van der Waals surface area contributed by atoms with Gasteiger partial charge in [-0.25, -0.2) is 0 Å². The van der Waals surface area contributed by atoms with Crippen molar-refractivity contribution in [3.8, 4) is 5.75 Å². The molecule has 1 aliphatic heterocycles. The van der Waals surface area contributed by atoms with Gasteiger partial charge in [0, 0.05) is 6.04 Å². The van der Waals surface area contributed by atoms with E-state index < -0.39 is 17.1 Å². The average Bonchev–Trinajstić information content (AvgIpc) is 3.01. The van der Waals surface area contributed by atoms with Gasteiger partial charge in [-0.1, -0.05) is 19.1 Å². The van der Waals surface area contributed by atoms with E-state index in [2.05, 4.69) is 5.32 Å². The molecule has 1 heterocycles. The van der Waals surface area contributed by atoms with Crippen LogP contribution in [0.5, 0.6) is 5.75 Å². The summed E-state index contributed by atoms with van der Waals surface area (Å²) in [6.07, 6.45) is 0.855. The van der Waals surface area contributed by atoms with Gasteiger partial charge in [-0.15, -0.1) is 0 Å². The van der Waals surface area contributed by atoms with Crippen molar-refractivity contribution in [2.45, 2.75) is 57.7 Å². The zero-order chi connectivity index (χ0) is 19.5. The molecule has 3 atom stereocenters. The first-order chi connectivity index (χ1) is 12.2. The van der Waals surface area contributed by atoms with Crippen molar-refractivity contribution >= 4 is 11.9 Å². The van der Waals surface area contributed by atoms with Crippen LogP contribution in [0.25, 0.3) is 0 Å². The highest BCUT2D eigenvalue weighted by molar-refractivity contribution is 5.84. The van der Waals surface area contributed by atoms with Crippen molar-refractivity contribution in [1.29, 1.82) is 0 Å². The molecular weight excluding hydrogens is 334 g/mol. The molecule has 2 rings (SSSR count). The first-order valence-corrected chi connectivity index (χ1v) is 8.88. The molecule has 0 spiro atoms. The van der Waals surface area contributed by atoms with Crippen LogP contribution in [0.15, 0.2) is 24.3 Å². The zero-order valence-electron chi connectivity index (χ0n) is 16.4. The summed E-state index contributed by atoms with van der Waals surface area (Å²) in [4.78, 5) is 25.3. The number of benzene rings is 1. The minimum Gasteiger partial charge on any atom is -0.497 e. The number of rotatable bonds is 5. The van der Waals surface area contributed by atoms with Crippen LogP contribution >= 0.6 is 0 Å². The molecule has 1 aromatic rings. The van der Waals surface area contributed by atoms with Crippen molar-refractivity contribution in [1.82, 2.24) is 5.32 Å². The van der Waals surface area contributed by atoms with E-state index in [-0.39, 0.29) is 18.0 Å². The van der Waals surface area contributed by atoms with Crippen LogP contribution in [-0.2, 0) is 19.1 Å². The van der Waals surface area contributed by atoms with Gasteiger partial charge in [0.05, 0.1) is 20.1 Å². The van der Waals surface area contributed by atoms with Crippen LogP contribution in [-0.4, -0.2) is 37.3 Å². The second kappa shape index (κ2) is 7.66. The zero-order valence-corrected chi connectivity index (χ0v) is 16.4. The van der Waals surface area contributed by atoms with E-state index in [1.807, 2.05) is 52.0 Å². The fourth-order valence-electron chi connectivity index (χ4n) is 3.40. The molecule has 6 nitrogen and oxygen atoms in total. The summed E-state index contributed by atoms with van der Waals surface area (Å²) in [5.41, 5.74) is -0.591. The monoisotopic (exact) mass is 363 g/mol. The number of hydrogen-bond acceptors (Lipinski definition) is 6. The summed E-state index contributed by atoms with van der Waals surface area (Å²) in [7, 11) is 2.97. The highest BCUT2D eigenvalue weighted by Gasteiger charge is 2.53. The minimum absolute atomic E-state index is 0.315. The smallest absolute Gasteiger partial charge is 0.326 e. The Bertz CT molecular complexity index is 649. The Morgan fingerprint density at radius 1 is 1.19 bits per heavy atom. The maximum atomic E-state index is 12.8. The third-order valence-electron chi connectivity index (χ3n) is 4.77. The molecular formula is C20H29NO5. The molecule has 1 fully saturated rings. The van der Waals surface area contributed by atoms with Gasteiger partial charge in [0.25, 0.3) is 0 Å². The van der Waals surface area contributed by atoms with Crippen molar-refractivity contribution < 1.29 is 23.8 Å². The number of ether oxygens (including phenoxy) is 3. The number of carbonyl (C=O) groups is 2. The van der Waals surface area contributed by atoms with Gasteiger partial charge in [0.1, 0.15) is 16.9 Å². The van der Waals surface area contributed by atoms with Gasteiger partial charge in [0.2, 0.25) is 0 Å². The molecule has 1 aliphatic rings. The molecule has 0 unspecified atom stereocenters. The molecule has 26 heavy (non-hydrogen) atoms. The highest BCUT2D eigenvalue weighted by Crippen LogP contribution is 2.42. The Hall–Kier alpha value is -2.08. The molecule has 0 bridgehead atoms. The molecule has 0 saturated carbocycles. The van der Waals surface area contributed by atoms with E-state index in [4.69, 9.17) is 14.2 Å². The highest BCUT2D eigenvalue weighted by atomic mass is 16.6. The van der Waals surface area contributed by atoms with Crippen LogP contribution < -0.4 is 10.1 Å². The molecule has 6 heteroatoms. The lowest BCUT2D eigenvalue weighted by Gasteiger charge is -2.26. The van der Waals surface area contributed by atoms with Gasteiger partial charge in [-0.05, 0) is 51.3 Å². The molecule has 0 aromatic heterocycles. The van der Waals surface area contributed by atoms with Crippen molar-refractivity contribution in [3.05, 3.63) is 29.8 Å². The molecule has 144 valence electrons. The quantitative estimate of drug-likeness (QED) is 0.811. The molecule has 0 amide bonds. The Morgan fingerprint density at radius 3 is 2.27 bits per heavy atom. The van der Waals surface area contributed by atoms with Crippen molar-refractivity contribution in [2.75, 3.05) is 14.2 Å². The maximum absolute atomic E-state index is 12.8. The number of carbonyl (C=O) groups excluding carboxylic acids is 2. The fraction of sp³-hybridized carbons (Fsp3) is 0.600. The Labute approximate surface area is 155 Å². The minimum atomic E-state index is -0.902. The lowest BCUT2D eigenvalue weighted by Crippen LogP contribution is -2.48. The standard InChI is InChI=1S/C20H29NO5/c1-7-20(18(23)25-6)12-15(17(22)26-19(2,3)4)16(21-20)13-8-10-14(24-5)11-9-13/h8-11,15-16,21H,7,12H2,1-6H3/t15-,16-,20-/m0/s1. The lowest BCUT2D eigenvalue weighted by atomic mass is 9.87. The van der Waals surface area contributed by atoms with E-state index in [9.17, 15) is 9.59 Å². The number of methoxy groups -OCH3 is 2. The largest absolute Gasteiger partial charge is 0.497 e. The van der Waals surface area contributed by atoms with Crippen molar-refractivity contribution in [2.24, 2.45) is 5.92 Å². The summed E-state index contributed by atoms with van der Waals surface area (Å²) in [6.45, 7) is 7.42. The summed E-state index contributed by atoms with van der Waals surface area (Å²) in [5, 5.41) is 3.36. The normalized spacial score (nSPS) is 25.6. The SMILES string of the molecule is CC[C@@]1(C(=O)OC)C[C@H](C(=O)OC(C)(C)C)[C@H](c2ccc(OC)cc2)N1. The fourth-order valence-corrected chi connectivity index (χ4v) is 3.40. The van der Waals surface area contributed by atoms with Gasteiger partial charge < -0.3 is 14.2 Å². The molecule has 1 N–H and O–H groups in total. The number of esters is 2. The van der Waals surface area contributed by atoms with E-state index in [0.717, 1.165) is 11.3 Å². The third kappa shape index (κ3) is 4.18. The van der Waals surface area contributed by atoms with E-state index in [0.29, 0.717) is 12.8 Å². The van der Waals surface area contributed by atoms with Crippen molar-refractivity contribution in [3.63, 3.8) is 0 Å². The van der Waals surface area contributed by atoms with Crippen LogP contribution in [0.4, 0.5) is 0 Å². The first kappa shape index (κ1) is 20.2. The number of nitrogens with one attached hydrogen (secondary N) is 1. The second-order valence-electron chi connectivity index (χ2n) is 7.67. The lowest BCUT2D eigenvalue weighted by molar-refractivity contribution is -0.160. The van der Waals surface area contributed by atoms with E-state index in [1.165, 1.54) is 7.11 Å². The van der Waals surface area contributed by atoms with Crippen LogP contribution in [0, 0.1) is 5.92 Å². The Balaban J connectivity index is 2.39. The van der Waals surface area contributed by atoms with Gasteiger partial charge >= 0.3 is 11.9 Å². The van der Waals surface area contributed by atoms with E-state index >= 15 is 0 Å². The number of hydrogen-bond donors (Lipinski definition) is 1. The summed E-state index contributed by atoms with van der Waals surface area (Å²) < 4.78 is 15.8. The summed E-state index contributed by atoms with van der Waals surface area (Å²) >= 11 is 0. The third-order valence-corrected chi connectivity index (χ3v) is 4.77. The van der Waals surface area contributed by atoms with Gasteiger partial charge in [0.15, 0.2) is 0 Å². The first-order valence-electron chi connectivity index (χ1n) is 8.88. The van der Waals surface area contributed by atoms with Crippen LogP contribution in [0.1, 0.15) is 52.1 Å². The summed E-state index contributed by atoms with van der Waals surface area (Å²) in [6, 6.07) is 7.14. The molecule has 0 aliphatic carbocycles. The van der Waals surface area contributed by atoms with Crippen LogP contribution in [0.3, 0.4) is 0 Å². The predicted molar refractivity (Wildman–Crippen MR) is 97.9 cm³/mol. The Morgan fingerprint density at radius 2 is 1.81 bits per heavy atom. The molecule has 1 saturated heterocycles. The Kier molecular flexibility index (Phi) is 5.96. The predicted octanol–water partition coefficient (Wildman–Crippen LogP) is 3.01. The maximum Gasteiger partial charge on any atom is 0.326 e.